The van der Waals surface area contributed by atoms with Crippen molar-refractivity contribution in [3.05, 3.63) is 59.6 Å². The summed E-state index contributed by atoms with van der Waals surface area (Å²) in [5, 5.41) is 0.540. The average Bonchev–Trinajstić information content (AvgIpc) is 3.61. The zero-order valence-electron chi connectivity index (χ0n) is 20.8. The number of nitrogens with one attached hydrogen (secondary N) is 1. The third-order valence-electron chi connectivity index (χ3n) is 6.74. The summed E-state index contributed by atoms with van der Waals surface area (Å²) in [6.07, 6.45) is 0.775. The van der Waals surface area contributed by atoms with E-state index in [0.717, 1.165) is 40.9 Å². The molecular formula is C28H29ClN4O4. The van der Waals surface area contributed by atoms with E-state index in [1.807, 2.05) is 44.4 Å². The molecule has 2 aromatic carbocycles. The number of nitrogens with zero attached hydrogens (tertiary/aromatic N) is 3. The lowest BCUT2D eigenvalue weighted by Gasteiger charge is -2.15. The van der Waals surface area contributed by atoms with Crippen molar-refractivity contribution in [1.82, 2.24) is 19.9 Å². The van der Waals surface area contributed by atoms with E-state index >= 15 is 0 Å². The topological polar surface area (TPSA) is 81.7 Å². The molecule has 4 heterocycles. The number of hydrogen-bond acceptors (Lipinski definition) is 7. The molecule has 9 heteroatoms. The second kappa shape index (κ2) is 10.3. The highest BCUT2D eigenvalue weighted by Crippen LogP contribution is 2.33. The van der Waals surface area contributed by atoms with Gasteiger partial charge in [0.2, 0.25) is 0 Å². The van der Waals surface area contributed by atoms with Gasteiger partial charge in [-0.2, -0.15) is 4.98 Å². The Morgan fingerprint density at radius 3 is 2.49 bits per heavy atom. The minimum atomic E-state index is -0.186. The maximum absolute atomic E-state index is 6.62. The van der Waals surface area contributed by atoms with Gasteiger partial charge < -0.3 is 28.8 Å². The zero-order valence-corrected chi connectivity index (χ0v) is 21.6. The second-order valence-electron chi connectivity index (χ2n) is 9.64. The molecule has 0 unspecified atom stereocenters. The van der Waals surface area contributed by atoms with Gasteiger partial charge in [-0.25, -0.2) is 4.98 Å². The Morgan fingerprint density at radius 1 is 1.00 bits per heavy atom. The quantitative estimate of drug-likeness (QED) is 0.356. The van der Waals surface area contributed by atoms with E-state index in [0.29, 0.717) is 42.2 Å². The van der Waals surface area contributed by atoms with E-state index in [9.17, 15) is 0 Å². The van der Waals surface area contributed by atoms with Crippen molar-refractivity contribution in [3.63, 3.8) is 0 Å². The molecule has 192 valence electrons. The van der Waals surface area contributed by atoms with E-state index in [1.165, 1.54) is 0 Å². The lowest BCUT2D eigenvalue weighted by atomic mass is 10.0. The molecule has 2 aromatic heterocycles. The molecule has 0 bridgehead atoms. The molecule has 3 atom stereocenters. The molecule has 2 saturated heterocycles. The summed E-state index contributed by atoms with van der Waals surface area (Å²) in [6, 6.07) is 18.5. The highest BCUT2D eigenvalue weighted by Gasteiger charge is 2.43. The minimum absolute atomic E-state index is 0.0503. The molecule has 2 aliphatic rings. The van der Waals surface area contributed by atoms with Gasteiger partial charge in [-0.3, -0.25) is 0 Å². The number of aromatic nitrogens is 3. The molecule has 2 aliphatic heterocycles. The van der Waals surface area contributed by atoms with Crippen LogP contribution in [0.25, 0.3) is 33.5 Å². The minimum Gasteiger partial charge on any atom is -0.492 e. The van der Waals surface area contributed by atoms with Gasteiger partial charge in [0.05, 0.1) is 28.9 Å². The van der Waals surface area contributed by atoms with Crippen molar-refractivity contribution in [2.75, 3.05) is 40.5 Å². The molecule has 6 rings (SSSR count). The largest absolute Gasteiger partial charge is 0.492 e. The number of hydrogen-bond donors (Lipinski definition) is 1. The van der Waals surface area contributed by atoms with E-state index < -0.39 is 0 Å². The summed E-state index contributed by atoms with van der Waals surface area (Å²) in [7, 11) is 4.06. The van der Waals surface area contributed by atoms with Gasteiger partial charge in [-0.1, -0.05) is 48.0 Å². The van der Waals surface area contributed by atoms with E-state index in [-0.39, 0.29) is 18.3 Å². The Labute approximate surface area is 220 Å². The summed E-state index contributed by atoms with van der Waals surface area (Å²) in [5.41, 5.74) is 5.06. The van der Waals surface area contributed by atoms with Gasteiger partial charge in [-0.05, 0) is 49.8 Å². The molecule has 0 radical (unpaired) electrons. The number of ether oxygens (including phenoxy) is 4. The Kier molecular flexibility index (Phi) is 6.73. The molecule has 0 saturated carbocycles. The molecule has 0 amide bonds. The molecule has 2 fully saturated rings. The predicted octanol–water partition coefficient (Wildman–Crippen LogP) is 4.82. The molecule has 8 nitrogen and oxygen atoms in total. The first-order valence-electron chi connectivity index (χ1n) is 12.5. The number of fused-ring (bicyclic) bond motifs is 2. The first-order valence-corrected chi connectivity index (χ1v) is 12.9. The number of likely N-dealkylation sites (N-methyl/N-ethyl adjacent to an activating group) is 1. The number of imidazole rings is 1. The SMILES string of the molecule is CN(C)CCOc1ccc(-c2ccc(-c3nc4nc(O[C@@H]5CO[C@@H]6CCO[C@@H]65)[nH]c4cc3Cl)cc2)cc1. The van der Waals surface area contributed by atoms with Gasteiger partial charge in [-0.15, -0.1) is 0 Å². The average molecular weight is 521 g/mol. The van der Waals surface area contributed by atoms with E-state index in [2.05, 4.69) is 39.1 Å². The fraction of sp³-hybridized carbons (Fsp3) is 0.357. The standard InChI is InChI=1S/C28H29ClN4O4/c1-33(2)12-14-34-20-9-7-18(8-10-20)17-3-5-19(6-4-17)25-21(29)15-22-27(31-25)32-28(30-22)37-24-16-36-23-11-13-35-26(23)24/h3-10,15,23-24,26H,11-14,16H2,1-2H3,(H,30,31,32)/t23-,24-,26+/m1/s1. The van der Waals surface area contributed by atoms with Crippen LogP contribution < -0.4 is 9.47 Å². The Balaban J connectivity index is 1.16. The lowest BCUT2D eigenvalue weighted by molar-refractivity contribution is 0.0273. The number of benzene rings is 2. The van der Waals surface area contributed by atoms with Crippen molar-refractivity contribution in [1.29, 1.82) is 0 Å². The van der Waals surface area contributed by atoms with Crippen LogP contribution in [0.4, 0.5) is 0 Å². The molecule has 4 aromatic rings. The van der Waals surface area contributed by atoms with Crippen LogP contribution >= 0.6 is 11.6 Å². The van der Waals surface area contributed by atoms with Crippen molar-refractivity contribution >= 4 is 22.8 Å². The fourth-order valence-corrected chi connectivity index (χ4v) is 5.00. The van der Waals surface area contributed by atoms with Crippen LogP contribution in [-0.2, 0) is 9.47 Å². The van der Waals surface area contributed by atoms with Gasteiger partial charge in [0.1, 0.15) is 18.5 Å². The second-order valence-corrected chi connectivity index (χ2v) is 10.0. The highest BCUT2D eigenvalue weighted by atomic mass is 35.5. The van der Waals surface area contributed by atoms with Crippen molar-refractivity contribution in [2.24, 2.45) is 0 Å². The van der Waals surface area contributed by atoms with Crippen LogP contribution in [0.1, 0.15) is 6.42 Å². The van der Waals surface area contributed by atoms with Gasteiger partial charge in [0.25, 0.3) is 6.01 Å². The van der Waals surface area contributed by atoms with Gasteiger partial charge in [0.15, 0.2) is 11.8 Å². The van der Waals surface area contributed by atoms with Crippen molar-refractivity contribution in [2.45, 2.75) is 24.7 Å². The Bertz CT molecular complexity index is 1370. The summed E-state index contributed by atoms with van der Waals surface area (Å²) >= 11 is 6.62. The lowest BCUT2D eigenvalue weighted by Crippen LogP contribution is -2.32. The maximum Gasteiger partial charge on any atom is 0.296 e. The first kappa shape index (κ1) is 24.2. The summed E-state index contributed by atoms with van der Waals surface area (Å²) in [6.45, 7) is 2.73. The number of aromatic amines is 1. The Hall–Kier alpha value is -3.17. The van der Waals surface area contributed by atoms with E-state index in [1.54, 1.807) is 0 Å². The number of pyridine rings is 1. The smallest absolute Gasteiger partial charge is 0.296 e. The first-order chi connectivity index (χ1) is 18.0. The van der Waals surface area contributed by atoms with E-state index in [4.69, 9.17) is 35.5 Å². The van der Waals surface area contributed by atoms with Crippen LogP contribution in [-0.4, -0.2) is 78.6 Å². The summed E-state index contributed by atoms with van der Waals surface area (Å²) in [4.78, 5) is 14.5. The third kappa shape index (κ3) is 5.15. The highest BCUT2D eigenvalue weighted by molar-refractivity contribution is 6.33. The summed E-state index contributed by atoms with van der Waals surface area (Å²) < 4.78 is 23.4. The van der Waals surface area contributed by atoms with Crippen LogP contribution in [0.5, 0.6) is 11.8 Å². The molecule has 0 spiro atoms. The summed E-state index contributed by atoms with van der Waals surface area (Å²) in [5.74, 6) is 0.866. The number of rotatable bonds is 8. The molecule has 0 aliphatic carbocycles. The maximum atomic E-state index is 6.62. The molecular weight excluding hydrogens is 492 g/mol. The monoisotopic (exact) mass is 520 g/mol. The molecule has 37 heavy (non-hydrogen) atoms. The molecule has 1 N–H and O–H groups in total. The third-order valence-corrected chi connectivity index (χ3v) is 7.03. The fourth-order valence-electron chi connectivity index (χ4n) is 4.74. The van der Waals surface area contributed by atoms with Gasteiger partial charge >= 0.3 is 0 Å². The van der Waals surface area contributed by atoms with Crippen molar-refractivity contribution in [3.8, 4) is 34.1 Å². The Morgan fingerprint density at radius 2 is 1.73 bits per heavy atom. The van der Waals surface area contributed by atoms with Gasteiger partial charge in [0, 0.05) is 18.7 Å². The van der Waals surface area contributed by atoms with Crippen LogP contribution in [0.3, 0.4) is 0 Å². The van der Waals surface area contributed by atoms with Crippen molar-refractivity contribution < 1.29 is 18.9 Å². The zero-order chi connectivity index (χ0) is 25.4. The normalized spacial score (nSPS) is 21.0. The predicted molar refractivity (Wildman–Crippen MR) is 142 cm³/mol. The van der Waals surface area contributed by atoms with Crippen LogP contribution in [0.15, 0.2) is 54.6 Å². The van der Waals surface area contributed by atoms with Crippen LogP contribution in [0.2, 0.25) is 5.02 Å². The van der Waals surface area contributed by atoms with Crippen LogP contribution in [0, 0.1) is 0 Å². The number of H-pyrrole nitrogens is 1. The number of halogens is 1.